The van der Waals surface area contributed by atoms with Gasteiger partial charge in [-0.1, -0.05) is 86.6 Å². The normalized spacial score (nSPS) is 14.6. The number of carboxylic acids is 1. The van der Waals surface area contributed by atoms with Crippen molar-refractivity contribution in [2.45, 2.75) is 139 Å². The van der Waals surface area contributed by atoms with Crippen molar-refractivity contribution >= 4 is 71.0 Å². The average Bonchev–Trinajstić information content (AvgIpc) is 3.56. The van der Waals surface area contributed by atoms with Gasteiger partial charge in [0.25, 0.3) is 0 Å². The van der Waals surface area contributed by atoms with Gasteiger partial charge >= 0.3 is 5.97 Å². The maximum atomic E-state index is 14.5. The average molecular weight is 1180 g/mol. The number of aromatic hydroxyl groups is 1. The highest BCUT2D eigenvalue weighted by Crippen LogP contribution is 2.15. The topological polar surface area (TPSA) is 507 Å². The lowest BCUT2D eigenvalue weighted by molar-refractivity contribution is -0.145. The Morgan fingerprint density at radius 2 is 0.857 bits per heavy atom. The summed E-state index contributed by atoms with van der Waals surface area (Å²) in [6.07, 6.45) is -3.49. The smallest absolute Gasteiger partial charge is 0.328 e. The van der Waals surface area contributed by atoms with E-state index in [1.165, 1.54) is 24.3 Å². The number of phenolic OH excluding ortho intramolecular Hbond substituents is 1. The van der Waals surface area contributed by atoms with Crippen LogP contribution >= 0.6 is 0 Å². The summed E-state index contributed by atoms with van der Waals surface area (Å²) in [4.78, 5) is 151. The number of hydrogen-bond acceptors (Lipinski definition) is 16. The van der Waals surface area contributed by atoms with Gasteiger partial charge in [0.15, 0.2) is 12.0 Å². The minimum atomic E-state index is -1.80. The lowest BCUT2D eigenvalue weighted by Crippen LogP contribution is -2.62. The van der Waals surface area contributed by atoms with E-state index in [2.05, 4.69) is 47.5 Å². The van der Waals surface area contributed by atoms with E-state index in [1.807, 2.05) is 0 Å². The fourth-order valence-corrected chi connectivity index (χ4v) is 8.21. The highest BCUT2D eigenvalue weighted by atomic mass is 16.4. The molecule has 0 aromatic heterocycles. The summed E-state index contributed by atoms with van der Waals surface area (Å²) < 4.78 is 0. The molecule has 3 aromatic carbocycles. The summed E-state index contributed by atoms with van der Waals surface area (Å²) in [6.45, 7) is 3.20. The van der Waals surface area contributed by atoms with Crippen LogP contribution in [0.3, 0.4) is 0 Å². The van der Waals surface area contributed by atoms with E-state index in [1.54, 1.807) is 74.5 Å². The molecule has 3 aromatic rings. The second-order valence-corrected chi connectivity index (χ2v) is 20.2. The third kappa shape index (κ3) is 24.5. The molecule has 0 saturated heterocycles. The molecule has 0 heterocycles. The molecular formula is C55H78N14O15. The molecule has 0 saturated carbocycles. The summed E-state index contributed by atoms with van der Waals surface area (Å²) >= 11 is 0. The standard InChI is InChI=1S/C55H78N14O15/c1-29(2)44(53(82)66-40(26-32-13-8-5-9-14-32)49(78)63-36(15-10-24-61-55(59)60)48(77)69-45(30(3)71)54(83)84)68-52(81)41(28-70)67-51(80)38(25-31-11-6-4-7-12-31)65-50(79)39(27-33-16-18-34(72)19-17-33)64-47(76)37(21-23-43(58)74)62-46(75)35(56)20-22-42(57)73/h4-9,11-14,16-19,29-30,35-41,44-45,70-72H,10,15,20-28,56H2,1-3H3,(H2,57,73)(H2,58,74)(H,62,75)(H,63,78)(H,64,76)(H,65,79)(H,66,82)(H,67,80)(H,68,81)(H,69,77)(H,83,84)(H4,59,60,61)/t30-,35+,36+,37+,38+,39+,40+,41+,44+,45+/m1/s1. The number of amides is 10. The number of phenols is 1. The number of aliphatic hydroxyl groups is 2. The van der Waals surface area contributed by atoms with Crippen LogP contribution in [-0.4, -0.2) is 165 Å². The number of aliphatic hydroxyl groups excluding tert-OH is 2. The number of hydrogen-bond donors (Lipinski definition) is 17. The van der Waals surface area contributed by atoms with Crippen LogP contribution in [0.4, 0.5) is 0 Å². The summed E-state index contributed by atoms with van der Waals surface area (Å²) in [6, 6.07) is 8.26. The SMILES string of the molecule is CC(C)[C@H](NC(=O)[C@H](CO)NC(=O)[C@H](Cc1ccccc1)NC(=O)[C@H](Cc1ccc(O)cc1)NC(=O)[C@H](CCC(N)=O)NC(=O)[C@@H](N)CCC(N)=O)C(=O)N[C@@H](Cc1ccccc1)C(=O)N[C@@H](CCCN=C(N)N)C(=O)N[C@H](C(=O)O)[C@@H](C)O. The summed E-state index contributed by atoms with van der Waals surface area (Å²) in [5.41, 5.74) is 28.8. The van der Waals surface area contributed by atoms with Crippen LogP contribution in [0.2, 0.25) is 0 Å². The van der Waals surface area contributed by atoms with Crippen molar-refractivity contribution in [2.75, 3.05) is 13.2 Å². The van der Waals surface area contributed by atoms with Crippen LogP contribution in [0, 0.1) is 5.92 Å². The molecule has 3 rings (SSSR count). The first-order valence-corrected chi connectivity index (χ1v) is 26.9. The Kier molecular flexibility index (Phi) is 28.7. The molecule has 29 nitrogen and oxygen atoms in total. The molecule has 10 amide bonds. The molecule has 10 atom stereocenters. The molecule has 0 fully saturated rings. The maximum Gasteiger partial charge on any atom is 0.328 e. The van der Waals surface area contributed by atoms with Crippen LogP contribution in [0.15, 0.2) is 89.9 Å². The van der Waals surface area contributed by atoms with Crippen molar-refractivity contribution < 1.29 is 73.2 Å². The first-order chi connectivity index (χ1) is 39.7. The van der Waals surface area contributed by atoms with Crippen LogP contribution in [0.25, 0.3) is 0 Å². The van der Waals surface area contributed by atoms with Crippen molar-refractivity contribution in [3.05, 3.63) is 102 Å². The zero-order valence-electron chi connectivity index (χ0n) is 46.8. The molecular weight excluding hydrogens is 1100 g/mol. The van der Waals surface area contributed by atoms with Gasteiger partial charge in [0.2, 0.25) is 59.1 Å². The predicted octanol–water partition coefficient (Wildman–Crippen LogP) is -4.68. The molecule has 29 heteroatoms. The molecule has 0 bridgehead atoms. The fourth-order valence-electron chi connectivity index (χ4n) is 8.21. The van der Waals surface area contributed by atoms with Crippen LogP contribution in [-0.2, 0) is 72.0 Å². The first-order valence-electron chi connectivity index (χ1n) is 26.9. The molecule has 0 aliphatic heterocycles. The van der Waals surface area contributed by atoms with E-state index in [9.17, 15) is 73.2 Å². The third-order valence-corrected chi connectivity index (χ3v) is 12.9. The van der Waals surface area contributed by atoms with Crippen LogP contribution < -0.4 is 71.2 Å². The second-order valence-electron chi connectivity index (χ2n) is 20.2. The van der Waals surface area contributed by atoms with E-state index < -0.39 is 144 Å². The Morgan fingerprint density at radius 3 is 1.30 bits per heavy atom. The van der Waals surface area contributed by atoms with Crippen molar-refractivity contribution in [1.29, 1.82) is 0 Å². The number of carbonyl (C=O) groups is 11. The number of nitrogens with one attached hydrogen (secondary N) is 8. The van der Waals surface area contributed by atoms with Crippen LogP contribution in [0.5, 0.6) is 5.75 Å². The lowest BCUT2D eigenvalue weighted by Gasteiger charge is -2.29. The van der Waals surface area contributed by atoms with E-state index in [-0.39, 0.29) is 69.6 Å². The minimum Gasteiger partial charge on any atom is -0.508 e. The van der Waals surface area contributed by atoms with Gasteiger partial charge < -0.3 is 91.6 Å². The zero-order chi connectivity index (χ0) is 62.6. The van der Waals surface area contributed by atoms with E-state index >= 15 is 0 Å². The number of nitrogens with two attached hydrogens (primary N) is 5. The number of rotatable bonds is 36. The van der Waals surface area contributed by atoms with Crippen LogP contribution in [0.1, 0.15) is 76.0 Å². The van der Waals surface area contributed by atoms with Gasteiger partial charge in [-0.2, -0.15) is 0 Å². The predicted molar refractivity (Wildman–Crippen MR) is 304 cm³/mol. The highest BCUT2D eigenvalue weighted by Gasteiger charge is 2.36. The molecule has 0 aliphatic carbocycles. The quantitative estimate of drug-likeness (QED) is 0.0148. The monoisotopic (exact) mass is 1170 g/mol. The Hall–Kier alpha value is -9.22. The summed E-state index contributed by atoms with van der Waals surface area (Å²) in [7, 11) is 0. The number of carbonyl (C=O) groups excluding carboxylic acids is 10. The van der Waals surface area contributed by atoms with Gasteiger partial charge in [0.05, 0.1) is 18.8 Å². The largest absolute Gasteiger partial charge is 0.508 e. The molecule has 458 valence electrons. The number of aliphatic imine (C=N–C) groups is 1. The second kappa shape index (κ2) is 34.9. The lowest BCUT2D eigenvalue weighted by atomic mass is 10.00. The Balaban J connectivity index is 1.95. The van der Waals surface area contributed by atoms with Crippen molar-refractivity contribution in [3.8, 4) is 5.75 Å². The first kappa shape index (κ1) is 69.1. The van der Waals surface area contributed by atoms with Gasteiger partial charge in [0.1, 0.15) is 48.0 Å². The van der Waals surface area contributed by atoms with Gasteiger partial charge in [0, 0.05) is 38.6 Å². The molecule has 0 aliphatic rings. The van der Waals surface area contributed by atoms with E-state index in [0.29, 0.717) is 16.7 Å². The van der Waals surface area contributed by atoms with Crippen molar-refractivity contribution in [2.24, 2.45) is 39.6 Å². The Labute approximate surface area is 484 Å². The van der Waals surface area contributed by atoms with Crippen molar-refractivity contribution in [1.82, 2.24) is 42.5 Å². The summed E-state index contributed by atoms with van der Waals surface area (Å²) in [5, 5.41) is 60.1. The van der Waals surface area contributed by atoms with Gasteiger partial charge in [-0.15, -0.1) is 0 Å². The Bertz CT molecular complexity index is 2750. The molecule has 0 spiro atoms. The van der Waals surface area contributed by atoms with Gasteiger partial charge in [-0.3, -0.25) is 52.9 Å². The maximum absolute atomic E-state index is 14.5. The van der Waals surface area contributed by atoms with Gasteiger partial charge in [-0.25, -0.2) is 4.79 Å². The molecule has 0 unspecified atom stereocenters. The van der Waals surface area contributed by atoms with E-state index in [4.69, 9.17) is 28.7 Å². The minimum absolute atomic E-state index is 0.00626. The van der Waals surface area contributed by atoms with E-state index in [0.717, 1.165) is 6.92 Å². The zero-order valence-corrected chi connectivity index (χ0v) is 46.8. The fraction of sp³-hybridized carbons (Fsp3) is 0.455. The number of nitrogens with zero attached hydrogens (tertiary/aromatic N) is 1. The number of aliphatic carboxylic acids is 1. The van der Waals surface area contributed by atoms with Gasteiger partial charge in [-0.05, 0) is 67.3 Å². The number of benzene rings is 3. The number of carboxylic acid groups (broad SMARTS) is 1. The van der Waals surface area contributed by atoms with Crippen molar-refractivity contribution in [3.63, 3.8) is 0 Å². The number of primary amides is 2. The highest BCUT2D eigenvalue weighted by molar-refractivity contribution is 5.98. The number of guanidine groups is 1. The summed E-state index contributed by atoms with van der Waals surface area (Å²) in [5.74, 6) is -12.1. The third-order valence-electron chi connectivity index (χ3n) is 12.9. The molecule has 84 heavy (non-hydrogen) atoms. The Morgan fingerprint density at radius 1 is 0.476 bits per heavy atom. The molecule has 0 radical (unpaired) electrons. The molecule has 22 N–H and O–H groups in total.